The molecule has 1 aromatic carbocycles. The van der Waals surface area contributed by atoms with Crippen molar-refractivity contribution in [2.24, 2.45) is 0 Å². The molecule has 90 valence electrons. The first-order chi connectivity index (χ1) is 7.58. The number of methoxy groups -OCH3 is 1. The van der Waals surface area contributed by atoms with E-state index in [1.54, 1.807) is 7.11 Å². The highest BCUT2D eigenvalue weighted by Crippen LogP contribution is 2.31. The van der Waals surface area contributed by atoms with E-state index >= 15 is 0 Å². The maximum absolute atomic E-state index is 9.21. The maximum Gasteiger partial charge on any atom is 0.123 e. The Hall–Kier alpha value is -1.22. The van der Waals surface area contributed by atoms with Gasteiger partial charge in [-0.1, -0.05) is 6.92 Å². The van der Waals surface area contributed by atoms with E-state index < -0.39 is 0 Å². The van der Waals surface area contributed by atoms with Crippen LogP contribution in [-0.2, 0) is 0 Å². The van der Waals surface area contributed by atoms with Crippen molar-refractivity contribution in [3.63, 3.8) is 0 Å². The van der Waals surface area contributed by atoms with Gasteiger partial charge in [0.1, 0.15) is 11.5 Å². The molecule has 3 nitrogen and oxygen atoms in total. The monoisotopic (exact) mass is 224 g/mol. The Kier molecular flexibility index (Phi) is 4.62. The second-order valence-corrected chi connectivity index (χ2v) is 4.15. The summed E-state index contributed by atoms with van der Waals surface area (Å²) in [5.74, 6) is 1.65. The summed E-state index contributed by atoms with van der Waals surface area (Å²) < 4.78 is 10.9. The van der Waals surface area contributed by atoms with Gasteiger partial charge in [-0.15, -0.1) is 0 Å². The minimum Gasteiger partial charge on any atom is -0.497 e. The van der Waals surface area contributed by atoms with Gasteiger partial charge in [-0.25, -0.2) is 0 Å². The topological polar surface area (TPSA) is 38.7 Å². The number of aliphatic hydroxyl groups excluding tert-OH is 1. The lowest BCUT2D eigenvalue weighted by molar-refractivity contribution is 0.230. The smallest absolute Gasteiger partial charge is 0.123 e. The normalized spacial score (nSPS) is 12.6. The Morgan fingerprint density at radius 3 is 2.44 bits per heavy atom. The molecule has 1 aromatic rings. The molecule has 16 heavy (non-hydrogen) atoms. The van der Waals surface area contributed by atoms with Crippen LogP contribution in [0.5, 0.6) is 11.5 Å². The molecule has 0 spiro atoms. The zero-order valence-electron chi connectivity index (χ0n) is 10.4. The molecule has 1 atom stereocenters. The van der Waals surface area contributed by atoms with Crippen LogP contribution in [0.1, 0.15) is 32.3 Å². The van der Waals surface area contributed by atoms with Gasteiger partial charge in [0.05, 0.1) is 13.2 Å². The van der Waals surface area contributed by atoms with Crippen LogP contribution in [0.4, 0.5) is 0 Å². The predicted octanol–water partition coefficient (Wildman–Crippen LogP) is 2.58. The minimum atomic E-state index is 0.0452. The number of ether oxygens (including phenoxy) is 2. The van der Waals surface area contributed by atoms with E-state index in [1.165, 1.54) is 0 Å². The fraction of sp³-hybridized carbons (Fsp3) is 0.538. The summed E-state index contributed by atoms with van der Waals surface area (Å²) in [4.78, 5) is 0. The van der Waals surface area contributed by atoms with Gasteiger partial charge < -0.3 is 14.6 Å². The van der Waals surface area contributed by atoms with Crippen LogP contribution < -0.4 is 9.47 Å². The number of rotatable bonds is 5. The number of aliphatic hydroxyl groups is 1. The van der Waals surface area contributed by atoms with Crippen molar-refractivity contribution in [2.45, 2.75) is 32.8 Å². The first kappa shape index (κ1) is 12.8. The second kappa shape index (κ2) is 5.75. The lowest BCUT2D eigenvalue weighted by Crippen LogP contribution is -2.10. The molecule has 0 aliphatic carbocycles. The highest BCUT2D eigenvalue weighted by Gasteiger charge is 2.13. The molecule has 0 heterocycles. The summed E-state index contributed by atoms with van der Waals surface area (Å²) in [6.45, 7) is 6.03. The van der Waals surface area contributed by atoms with Gasteiger partial charge >= 0.3 is 0 Å². The van der Waals surface area contributed by atoms with E-state index in [4.69, 9.17) is 9.47 Å². The fourth-order valence-corrected chi connectivity index (χ4v) is 1.50. The minimum absolute atomic E-state index is 0.0452. The van der Waals surface area contributed by atoms with Crippen LogP contribution in [0.15, 0.2) is 18.2 Å². The number of hydrogen-bond acceptors (Lipinski definition) is 3. The summed E-state index contributed by atoms with van der Waals surface area (Å²) in [6, 6.07) is 5.67. The SMILES string of the molecule is COc1ccc(OC(C)C)c(C(C)CO)c1. The molecule has 0 fully saturated rings. The van der Waals surface area contributed by atoms with Crippen molar-refractivity contribution in [1.82, 2.24) is 0 Å². The molecule has 1 N–H and O–H groups in total. The Morgan fingerprint density at radius 1 is 1.25 bits per heavy atom. The molecule has 0 saturated carbocycles. The molecule has 0 bridgehead atoms. The van der Waals surface area contributed by atoms with Gasteiger partial charge in [0.2, 0.25) is 0 Å². The molecular weight excluding hydrogens is 204 g/mol. The lowest BCUT2D eigenvalue weighted by Gasteiger charge is -2.18. The molecular formula is C13H20O3. The van der Waals surface area contributed by atoms with Crippen LogP contribution in [0.25, 0.3) is 0 Å². The van der Waals surface area contributed by atoms with Gasteiger partial charge in [-0.05, 0) is 32.0 Å². The van der Waals surface area contributed by atoms with Crippen LogP contribution in [0, 0.1) is 0 Å². The van der Waals surface area contributed by atoms with E-state index in [2.05, 4.69) is 0 Å². The van der Waals surface area contributed by atoms with Crippen LogP contribution in [-0.4, -0.2) is 24.9 Å². The zero-order chi connectivity index (χ0) is 12.1. The Morgan fingerprint density at radius 2 is 1.94 bits per heavy atom. The van der Waals surface area contributed by atoms with Crippen molar-refractivity contribution >= 4 is 0 Å². The van der Waals surface area contributed by atoms with Crippen molar-refractivity contribution in [3.05, 3.63) is 23.8 Å². The Bertz CT molecular complexity index is 334. The third-order valence-corrected chi connectivity index (χ3v) is 2.38. The molecule has 1 rings (SSSR count). The molecule has 0 aliphatic rings. The first-order valence-electron chi connectivity index (χ1n) is 5.54. The highest BCUT2D eigenvalue weighted by atomic mass is 16.5. The van der Waals surface area contributed by atoms with Crippen molar-refractivity contribution in [3.8, 4) is 11.5 Å². The van der Waals surface area contributed by atoms with E-state index in [1.807, 2.05) is 39.0 Å². The van der Waals surface area contributed by atoms with E-state index in [9.17, 15) is 5.11 Å². The van der Waals surface area contributed by atoms with Crippen molar-refractivity contribution in [2.75, 3.05) is 13.7 Å². The van der Waals surface area contributed by atoms with Crippen LogP contribution in [0.3, 0.4) is 0 Å². The molecule has 1 unspecified atom stereocenters. The van der Waals surface area contributed by atoms with Gasteiger partial charge in [0.25, 0.3) is 0 Å². The molecule has 0 saturated heterocycles. The summed E-state index contributed by atoms with van der Waals surface area (Å²) >= 11 is 0. The third kappa shape index (κ3) is 3.14. The Balaban J connectivity index is 3.05. The summed E-state index contributed by atoms with van der Waals surface area (Å²) in [6.07, 6.45) is 0.123. The molecule has 0 radical (unpaired) electrons. The summed E-state index contributed by atoms with van der Waals surface area (Å²) in [5, 5.41) is 9.21. The average Bonchev–Trinajstić information content (AvgIpc) is 2.28. The van der Waals surface area contributed by atoms with Crippen LogP contribution in [0.2, 0.25) is 0 Å². The highest BCUT2D eigenvalue weighted by molar-refractivity contribution is 5.42. The predicted molar refractivity (Wildman–Crippen MR) is 64.3 cm³/mol. The third-order valence-electron chi connectivity index (χ3n) is 2.38. The van der Waals surface area contributed by atoms with Crippen LogP contribution >= 0.6 is 0 Å². The quantitative estimate of drug-likeness (QED) is 0.835. The van der Waals surface area contributed by atoms with Gasteiger partial charge in [0, 0.05) is 18.1 Å². The van der Waals surface area contributed by atoms with E-state index in [0.717, 1.165) is 17.1 Å². The molecule has 0 aliphatic heterocycles. The maximum atomic E-state index is 9.21. The standard InChI is InChI=1S/C13H20O3/c1-9(2)16-13-6-5-11(15-4)7-12(13)10(3)8-14/h5-7,9-10,14H,8H2,1-4H3. The van der Waals surface area contributed by atoms with E-state index in [0.29, 0.717) is 0 Å². The Labute approximate surface area is 97.0 Å². The van der Waals surface area contributed by atoms with Gasteiger partial charge in [0.15, 0.2) is 0 Å². The van der Waals surface area contributed by atoms with Gasteiger partial charge in [-0.2, -0.15) is 0 Å². The average molecular weight is 224 g/mol. The zero-order valence-corrected chi connectivity index (χ0v) is 10.4. The van der Waals surface area contributed by atoms with Gasteiger partial charge in [-0.3, -0.25) is 0 Å². The fourth-order valence-electron chi connectivity index (χ4n) is 1.50. The number of hydrogen-bond donors (Lipinski definition) is 1. The summed E-state index contributed by atoms with van der Waals surface area (Å²) in [5.41, 5.74) is 0.982. The lowest BCUT2D eigenvalue weighted by atomic mass is 10.0. The largest absolute Gasteiger partial charge is 0.497 e. The molecule has 0 aromatic heterocycles. The molecule has 0 amide bonds. The first-order valence-corrected chi connectivity index (χ1v) is 5.54. The van der Waals surface area contributed by atoms with E-state index in [-0.39, 0.29) is 18.6 Å². The van der Waals surface area contributed by atoms with Crippen molar-refractivity contribution in [1.29, 1.82) is 0 Å². The van der Waals surface area contributed by atoms with Crippen molar-refractivity contribution < 1.29 is 14.6 Å². The molecule has 3 heteroatoms. The number of benzene rings is 1. The second-order valence-electron chi connectivity index (χ2n) is 4.15. The summed E-state index contributed by atoms with van der Waals surface area (Å²) in [7, 11) is 1.63.